The molecule has 1 N–H and O–H groups in total. The minimum Gasteiger partial charge on any atom is -0.379 e. The average Bonchev–Trinajstić information content (AvgIpc) is 2.86. The van der Waals surface area contributed by atoms with E-state index in [1.165, 1.54) is 12.1 Å². The Kier molecular flexibility index (Phi) is 3.81. The third kappa shape index (κ3) is 2.91. The zero-order chi connectivity index (χ0) is 13.8. The molecular formula is C14H15FN4. The van der Waals surface area contributed by atoms with Crippen LogP contribution in [0.4, 0.5) is 10.1 Å². The van der Waals surface area contributed by atoms with Crippen LogP contribution in [0.15, 0.2) is 30.7 Å². The molecular weight excluding hydrogens is 243 g/mol. The molecule has 1 aromatic carbocycles. The molecule has 0 aliphatic carbocycles. The van der Waals surface area contributed by atoms with Crippen LogP contribution in [-0.4, -0.2) is 9.55 Å². The number of hydrogen-bond acceptors (Lipinski definition) is 3. The lowest BCUT2D eigenvalue weighted by molar-refractivity contribution is 0.577. The zero-order valence-electron chi connectivity index (χ0n) is 10.9. The number of nitrogens with zero attached hydrogens (tertiary/aromatic N) is 3. The molecule has 0 aliphatic heterocycles. The van der Waals surface area contributed by atoms with Gasteiger partial charge in [0.1, 0.15) is 11.9 Å². The third-order valence-corrected chi connectivity index (χ3v) is 2.86. The van der Waals surface area contributed by atoms with Crippen LogP contribution in [-0.2, 0) is 6.54 Å². The Bertz CT molecular complexity index is 610. The molecule has 2 rings (SSSR count). The predicted octanol–water partition coefficient (Wildman–Crippen LogP) is 3.09. The number of halogens is 1. The molecule has 2 aromatic rings. The summed E-state index contributed by atoms with van der Waals surface area (Å²) in [6, 6.07) is 6.58. The summed E-state index contributed by atoms with van der Waals surface area (Å²) in [5, 5.41) is 11.9. The lowest BCUT2D eigenvalue weighted by Crippen LogP contribution is -2.09. The van der Waals surface area contributed by atoms with Gasteiger partial charge in [-0.25, -0.2) is 9.37 Å². The summed E-state index contributed by atoms with van der Waals surface area (Å²) in [5.74, 6) is -0.500. The van der Waals surface area contributed by atoms with Crippen LogP contribution in [0.3, 0.4) is 0 Å². The fraction of sp³-hybridized carbons (Fsp3) is 0.286. The number of aromatic nitrogens is 2. The largest absolute Gasteiger partial charge is 0.379 e. The highest BCUT2D eigenvalue weighted by Crippen LogP contribution is 2.16. The number of nitriles is 1. The maximum absolute atomic E-state index is 13.2. The van der Waals surface area contributed by atoms with Gasteiger partial charge in [0.05, 0.1) is 24.1 Å². The van der Waals surface area contributed by atoms with Gasteiger partial charge < -0.3 is 9.88 Å². The van der Waals surface area contributed by atoms with Gasteiger partial charge in [-0.2, -0.15) is 5.26 Å². The van der Waals surface area contributed by atoms with Crippen LogP contribution in [0.25, 0.3) is 0 Å². The summed E-state index contributed by atoms with van der Waals surface area (Å²) in [4.78, 5) is 4.11. The van der Waals surface area contributed by atoms with E-state index >= 15 is 0 Å². The van der Waals surface area contributed by atoms with E-state index in [9.17, 15) is 4.39 Å². The molecule has 0 radical (unpaired) electrons. The SMILES string of the molecule is CC(C)n1cncc1CNc1ccc(F)c(C#N)c1. The molecule has 1 aromatic heterocycles. The molecule has 98 valence electrons. The Morgan fingerprint density at radius 3 is 2.95 bits per heavy atom. The highest BCUT2D eigenvalue weighted by Gasteiger charge is 2.06. The summed E-state index contributed by atoms with van der Waals surface area (Å²) >= 11 is 0. The van der Waals surface area contributed by atoms with E-state index in [1.807, 2.05) is 6.07 Å². The first-order chi connectivity index (χ1) is 9.11. The fourth-order valence-electron chi connectivity index (χ4n) is 1.85. The Morgan fingerprint density at radius 1 is 1.47 bits per heavy atom. The molecule has 0 bridgehead atoms. The Hall–Kier alpha value is -2.35. The van der Waals surface area contributed by atoms with Gasteiger partial charge in [-0.15, -0.1) is 0 Å². The minimum absolute atomic E-state index is 0.0439. The molecule has 0 atom stereocenters. The van der Waals surface area contributed by atoms with E-state index in [0.717, 1.165) is 11.4 Å². The normalized spacial score (nSPS) is 10.5. The van der Waals surface area contributed by atoms with Crippen LogP contribution in [0, 0.1) is 17.1 Å². The summed E-state index contributed by atoms with van der Waals surface area (Å²) in [6.07, 6.45) is 3.58. The third-order valence-electron chi connectivity index (χ3n) is 2.86. The van der Waals surface area contributed by atoms with E-state index in [0.29, 0.717) is 12.6 Å². The van der Waals surface area contributed by atoms with Crippen LogP contribution in [0.5, 0.6) is 0 Å². The Labute approximate surface area is 111 Å². The minimum atomic E-state index is -0.500. The average molecular weight is 258 g/mol. The summed E-state index contributed by atoms with van der Waals surface area (Å²) in [5.41, 5.74) is 1.80. The monoisotopic (exact) mass is 258 g/mol. The molecule has 0 unspecified atom stereocenters. The van der Waals surface area contributed by atoms with Crippen molar-refractivity contribution < 1.29 is 4.39 Å². The molecule has 0 spiro atoms. The second-order valence-corrected chi connectivity index (χ2v) is 4.55. The maximum Gasteiger partial charge on any atom is 0.141 e. The lowest BCUT2D eigenvalue weighted by atomic mass is 10.2. The van der Waals surface area contributed by atoms with Gasteiger partial charge in [-0.3, -0.25) is 0 Å². The molecule has 4 nitrogen and oxygen atoms in total. The van der Waals surface area contributed by atoms with Gasteiger partial charge in [0.15, 0.2) is 0 Å². The molecule has 0 saturated heterocycles. The first-order valence-electron chi connectivity index (χ1n) is 6.06. The van der Waals surface area contributed by atoms with Crippen LogP contribution in [0.1, 0.15) is 31.1 Å². The first kappa shape index (κ1) is 13.1. The fourth-order valence-corrected chi connectivity index (χ4v) is 1.85. The van der Waals surface area contributed by atoms with Crippen molar-refractivity contribution >= 4 is 5.69 Å². The quantitative estimate of drug-likeness (QED) is 0.916. The van der Waals surface area contributed by atoms with E-state index in [4.69, 9.17) is 5.26 Å². The lowest BCUT2D eigenvalue weighted by Gasteiger charge is -2.13. The van der Waals surface area contributed by atoms with Crippen LogP contribution < -0.4 is 5.32 Å². The van der Waals surface area contributed by atoms with Crippen LogP contribution >= 0.6 is 0 Å². The Morgan fingerprint density at radius 2 is 2.26 bits per heavy atom. The second-order valence-electron chi connectivity index (χ2n) is 4.55. The Balaban J connectivity index is 2.11. The van der Waals surface area contributed by atoms with Gasteiger partial charge in [0.25, 0.3) is 0 Å². The molecule has 19 heavy (non-hydrogen) atoms. The molecule has 0 aliphatic rings. The van der Waals surface area contributed by atoms with E-state index in [-0.39, 0.29) is 5.56 Å². The summed E-state index contributed by atoms with van der Waals surface area (Å²) < 4.78 is 15.2. The van der Waals surface area contributed by atoms with E-state index in [2.05, 4.69) is 28.7 Å². The predicted molar refractivity (Wildman–Crippen MR) is 71.1 cm³/mol. The second kappa shape index (κ2) is 5.53. The standard InChI is InChI=1S/C14H15FN4/c1-10(2)19-9-17-7-13(19)8-18-12-3-4-14(15)11(5-12)6-16/h3-5,7,9-10,18H,8H2,1-2H3. The number of anilines is 1. The van der Waals surface area contributed by atoms with Crippen molar-refractivity contribution in [3.05, 3.63) is 47.8 Å². The first-order valence-corrected chi connectivity index (χ1v) is 6.06. The van der Waals surface area contributed by atoms with Crippen molar-refractivity contribution in [1.29, 1.82) is 5.26 Å². The number of benzene rings is 1. The summed E-state index contributed by atoms with van der Waals surface area (Å²) in [7, 11) is 0. The van der Waals surface area contributed by atoms with Crippen molar-refractivity contribution in [3.8, 4) is 6.07 Å². The van der Waals surface area contributed by atoms with Gasteiger partial charge in [0, 0.05) is 17.9 Å². The number of hydrogen-bond donors (Lipinski definition) is 1. The highest BCUT2D eigenvalue weighted by molar-refractivity contribution is 5.49. The molecule has 0 amide bonds. The van der Waals surface area contributed by atoms with E-state index in [1.54, 1.807) is 18.6 Å². The van der Waals surface area contributed by atoms with Crippen molar-refractivity contribution in [2.75, 3.05) is 5.32 Å². The highest BCUT2D eigenvalue weighted by atomic mass is 19.1. The smallest absolute Gasteiger partial charge is 0.141 e. The maximum atomic E-state index is 13.2. The van der Waals surface area contributed by atoms with Gasteiger partial charge in [-0.05, 0) is 32.0 Å². The van der Waals surface area contributed by atoms with Crippen molar-refractivity contribution in [2.24, 2.45) is 0 Å². The van der Waals surface area contributed by atoms with Gasteiger partial charge >= 0.3 is 0 Å². The molecule has 1 heterocycles. The van der Waals surface area contributed by atoms with Crippen molar-refractivity contribution in [2.45, 2.75) is 26.4 Å². The van der Waals surface area contributed by atoms with Gasteiger partial charge in [0.2, 0.25) is 0 Å². The number of nitrogens with one attached hydrogen (secondary N) is 1. The number of imidazole rings is 1. The molecule has 0 saturated carbocycles. The number of rotatable bonds is 4. The molecule has 0 fully saturated rings. The van der Waals surface area contributed by atoms with E-state index < -0.39 is 5.82 Å². The topological polar surface area (TPSA) is 53.6 Å². The summed E-state index contributed by atoms with van der Waals surface area (Å²) in [6.45, 7) is 4.74. The van der Waals surface area contributed by atoms with Crippen molar-refractivity contribution in [1.82, 2.24) is 9.55 Å². The van der Waals surface area contributed by atoms with Crippen LogP contribution in [0.2, 0.25) is 0 Å². The van der Waals surface area contributed by atoms with Gasteiger partial charge in [-0.1, -0.05) is 0 Å². The molecule has 5 heteroatoms. The zero-order valence-corrected chi connectivity index (χ0v) is 10.9. The van der Waals surface area contributed by atoms with Crippen molar-refractivity contribution in [3.63, 3.8) is 0 Å².